The summed E-state index contributed by atoms with van der Waals surface area (Å²) in [5.74, 6) is 0.779. The van der Waals surface area contributed by atoms with Gasteiger partial charge in [-0.1, -0.05) is 32.4 Å². The van der Waals surface area contributed by atoms with Gasteiger partial charge in [0.2, 0.25) is 5.89 Å². The van der Waals surface area contributed by atoms with Gasteiger partial charge in [-0.3, -0.25) is 4.99 Å². The van der Waals surface area contributed by atoms with Crippen LogP contribution in [0, 0.1) is 5.92 Å². The summed E-state index contributed by atoms with van der Waals surface area (Å²) in [4.78, 5) is 8.94. The molecule has 1 aromatic heterocycles. The summed E-state index contributed by atoms with van der Waals surface area (Å²) >= 11 is 5.87. The Morgan fingerprint density at radius 2 is 2.00 bits per heavy atom. The van der Waals surface area contributed by atoms with Crippen LogP contribution in [0.3, 0.4) is 0 Å². The van der Waals surface area contributed by atoms with Crippen molar-refractivity contribution >= 4 is 17.3 Å². The molecule has 118 valence electrons. The van der Waals surface area contributed by atoms with Crippen molar-refractivity contribution in [1.29, 1.82) is 0 Å². The predicted octanol–water partition coefficient (Wildman–Crippen LogP) is 4.95. The molecule has 2 rings (SSSR count). The molecule has 2 aromatic rings. The summed E-state index contributed by atoms with van der Waals surface area (Å²) in [5, 5.41) is 10.7. The fourth-order valence-electron chi connectivity index (χ4n) is 2.03. The summed E-state index contributed by atoms with van der Waals surface area (Å²) in [7, 11) is 0. The molecule has 1 heterocycles. The van der Waals surface area contributed by atoms with Crippen LogP contribution in [-0.2, 0) is 0 Å². The topological polar surface area (TPSA) is 58.6 Å². The van der Waals surface area contributed by atoms with Gasteiger partial charge < -0.3 is 9.52 Å². The first kappa shape index (κ1) is 16.6. The Kier molecular flexibility index (Phi) is 5.61. The number of aliphatic imine (C=N–C) groups is 1. The average molecular weight is 321 g/mol. The number of nitrogens with zero attached hydrogens (tertiary/aromatic N) is 2. The van der Waals surface area contributed by atoms with Gasteiger partial charge in [0.25, 0.3) is 0 Å². The normalized spacial score (nSPS) is 12.1. The fraction of sp³-hybridized carbons (Fsp3) is 0.412. The lowest BCUT2D eigenvalue weighted by atomic mass is 10.1. The van der Waals surface area contributed by atoms with E-state index in [4.69, 9.17) is 16.0 Å². The van der Waals surface area contributed by atoms with Gasteiger partial charge in [-0.05, 0) is 43.0 Å². The Morgan fingerprint density at radius 1 is 1.32 bits per heavy atom. The Bertz CT molecular complexity index is 645. The highest BCUT2D eigenvalue weighted by Crippen LogP contribution is 2.28. The molecular weight excluding hydrogens is 300 g/mol. The molecule has 0 unspecified atom stereocenters. The summed E-state index contributed by atoms with van der Waals surface area (Å²) in [6, 6.07) is 7.13. The van der Waals surface area contributed by atoms with Gasteiger partial charge in [-0.25, -0.2) is 4.98 Å². The molecule has 0 saturated heterocycles. The third kappa shape index (κ3) is 4.10. The summed E-state index contributed by atoms with van der Waals surface area (Å²) in [6.45, 7) is 7.04. The van der Waals surface area contributed by atoms with E-state index in [0.717, 1.165) is 24.2 Å². The van der Waals surface area contributed by atoms with Gasteiger partial charge in [-0.2, -0.15) is 0 Å². The first-order valence-electron chi connectivity index (χ1n) is 7.50. The zero-order chi connectivity index (χ0) is 16.1. The lowest BCUT2D eigenvalue weighted by Gasteiger charge is -2.03. The minimum Gasteiger partial charge on any atom is -0.479 e. The second-order valence-electron chi connectivity index (χ2n) is 5.54. The van der Waals surface area contributed by atoms with Crippen molar-refractivity contribution in [1.82, 2.24) is 4.98 Å². The predicted molar refractivity (Wildman–Crippen MR) is 89.8 cm³/mol. The fourth-order valence-corrected chi connectivity index (χ4v) is 2.15. The minimum absolute atomic E-state index is 0.185. The summed E-state index contributed by atoms with van der Waals surface area (Å²) < 4.78 is 5.37. The van der Waals surface area contributed by atoms with Gasteiger partial charge >= 0.3 is 5.95 Å². The van der Waals surface area contributed by atoms with Crippen LogP contribution in [0.4, 0.5) is 0 Å². The molecule has 22 heavy (non-hydrogen) atoms. The Labute approximate surface area is 135 Å². The smallest absolute Gasteiger partial charge is 0.312 e. The van der Waals surface area contributed by atoms with E-state index in [1.54, 1.807) is 24.3 Å². The van der Waals surface area contributed by atoms with Crippen molar-refractivity contribution in [3.05, 3.63) is 35.0 Å². The quantitative estimate of drug-likeness (QED) is 0.766. The zero-order valence-electron chi connectivity index (χ0n) is 13.1. The highest BCUT2D eigenvalue weighted by Gasteiger charge is 2.17. The van der Waals surface area contributed by atoms with E-state index in [-0.39, 0.29) is 5.95 Å². The van der Waals surface area contributed by atoms with Crippen molar-refractivity contribution in [2.75, 3.05) is 6.54 Å². The number of benzene rings is 1. The molecule has 0 aliphatic rings. The van der Waals surface area contributed by atoms with Crippen molar-refractivity contribution in [2.24, 2.45) is 10.9 Å². The second-order valence-corrected chi connectivity index (χ2v) is 5.98. The maximum Gasteiger partial charge on any atom is 0.312 e. The summed E-state index contributed by atoms with van der Waals surface area (Å²) in [6.07, 6.45) is 1.70. The number of aromatic nitrogens is 1. The summed E-state index contributed by atoms with van der Waals surface area (Å²) in [5.41, 5.74) is 1.96. The molecule has 0 saturated carbocycles. The third-order valence-corrected chi connectivity index (χ3v) is 3.57. The first-order valence-corrected chi connectivity index (χ1v) is 7.88. The van der Waals surface area contributed by atoms with Crippen molar-refractivity contribution in [2.45, 2.75) is 33.6 Å². The number of rotatable bonds is 6. The van der Waals surface area contributed by atoms with E-state index in [9.17, 15) is 5.11 Å². The average Bonchev–Trinajstić information content (AvgIpc) is 2.86. The van der Waals surface area contributed by atoms with Crippen LogP contribution in [0.25, 0.3) is 11.5 Å². The van der Waals surface area contributed by atoms with Crippen molar-refractivity contribution in [3.8, 4) is 17.4 Å². The van der Waals surface area contributed by atoms with Gasteiger partial charge in [0.15, 0.2) is 5.69 Å². The Hall–Kier alpha value is -1.81. The van der Waals surface area contributed by atoms with Crippen LogP contribution in [0.5, 0.6) is 5.95 Å². The van der Waals surface area contributed by atoms with E-state index in [2.05, 4.69) is 23.8 Å². The van der Waals surface area contributed by atoms with Crippen LogP contribution in [0.2, 0.25) is 5.02 Å². The first-order chi connectivity index (χ1) is 10.5. The molecule has 0 spiro atoms. The standard InChI is InChI=1S/C17H21ClN2O2/c1-4-14(19-10-9-11(2)3)15-17(21)22-16(20-15)12-5-7-13(18)8-6-12/h5-8,11,21H,4,9-10H2,1-3H3. The molecule has 0 radical (unpaired) electrons. The Balaban J connectivity index is 2.26. The highest BCUT2D eigenvalue weighted by molar-refractivity contribution is 6.30. The number of hydrogen-bond acceptors (Lipinski definition) is 4. The molecule has 0 aliphatic carbocycles. The van der Waals surface area contributed by atoms with E-state index in [1.165, 1.54) is 0 Å². The van der Waals surface area contributed by atoms with Crippen LogP contribution in [0.1, 0.15) is 39.3 Å². The van der Waals surface area contributed by atoms with Crippen molar-refractivity contribution in [3.63, 3.8) is 0 Å². The van der Waals surface area contributed by atoms with E-state index >= 15 is 0 Å². The van der Waals surface area contributed by atoms with Crippen LogP contribution < -0.4 is 0 Å². The van der Waals surface area contributed by atoms with Gasteiger partial charge in [0.1, 0.15) is 0 Å². The molecule has 5 heteroatoms. The van der Waals surface area contributed by atoms with Crippen LogP contribution in [0.15, 0.2) is 33.7 Å². The molecule has 0 fully saturated rings. The van der Waals surface area contributed by atoms with E-state index in [0.29, 0.717) is 28.9 Å². The van der Waals surface area contributed by atoms with Gasteiger partial charge in [0.05, 0.1) is 5.71 Å². The SMILES string of the molecule is CCC(=NCCC(C)C)c1nc(-c2ccc(Cl)cc2)oc1O. The second kappa shape index (κ2) is 7.45. The molecule has 0 amide bonds. The van der Waals surface area contributed by atoms with E-state index < -0.39 is 0 Å². The van der Waals surface area contributed by atoms with Gasteiger partial charge in [0, 0.05) is 17.1 Å². The molecule has 0 bridgehead atoms. The maximum atomic E-state index is 10.0. The molecule has 4 nitrogen and oxygen atoms in total. The van der Waals surface area contributed by atoms with Crippen LogP contribution in [-0.4, -0.2) is 22.3 Å². The number of hydrogen-bond donors (Lipinski definition) is 1. The number of halogens is 1. The van der Waals surface area contributed by atoms with E-state index in [1.807, 2.05) is 6.92 Å². The molecular formula is C17H21ClN2O2. The lowest BCUT2D eigenvalue weighted by Crippen LogP contribution is -2.03. The van der Waals surface area contributed by atoms with Gasteiger partial charge in [-0.15, -0.1) is 0 Å². The number of oxazole rings is 1. The molecule has 0 aliphatic heterocycles. The third-order valence-electron chi connectivity index (χ3n) is 3.32. The highest BCUT2D eigenvalue weighted by atomic mass is 35.5. The molecule has 1 aromatic carbocycles. The van der Waals surface area contributed by atoms with Crippen molar-refractivity contribution < 1.29 is 9.52 Å². The number of aromatic hydroxyl groups is 1. The largest absolute Gasteiger partial charge is 0.479 e. The zero-order valence-corrected chi connectivity index (χ0v) is 13.9. The molecule has 0 atom stereocenters. The Morgan fingerprint density at radius 3 is 2.59 bits per heavy atom. The minimum atomic E-state index is -0.185. The molecule has 1 N–H and O–H groups in total. The monoisotopic (exact) mass is 320 g/mol. The lowest BCUT2D eigenvalue weighted by molar-refractivity contribution is 0.336. The maximum absolute atomic E-state index is 10.0. The van der Waals surface area contributed by atoms with Crippen LogP contribution >= 0.6 is 11.6 Å².